The van der Waals surface area contributed by atoms with Gasteiger partial charge in [-0.3, -0.25) is 0 Å². The van der Waals surface area contributed by atoms with E-state index in [4.69, 9.17) is 0 Å². The van der Waals surface area contributed by atoms with Gasteiger partial charge in [0.05, 0.1) is 0 Å². The third-order valence-corrected chi connectivity index (χ3v) is 38.4. The molecule has 0 amide bonds. The second kappa shape index (κ2) is 9.82. The molecule has 0 saturated carbocycles. The van der Waals surface area contributed by atoms with Crippen LogP contribution in [0.25, 0.3) is 0 Å². The SMILES string of the molecule is CCSC(CC)[S][Sn]([S]C1CCS1)[S]C1CCS1. The van der Waals surface area contributed by atoms with Gasteiger partial charge in [-0.1, -0.05) is 0 Å². The molecule has 105 valence electrons. The van der Waals surface area contributed by atoms with E-state index in [2.05, 4.69) is 76.0 Å². The van der Waals surface area contributed by atoms with Gasteiger partial charge in [-0.15, -0.1) is 0 Å². The van der Waals surface area contributed by atoms with E-state index in [9.17, 15) is 0 Å². The standard InChI is InChI=1S/C5H12S2.2C3H6S2.Sn/c1-3-5(6)7-4-2;2*4-3-1-2-5-3;/h5-6H,3-4H2,1-2H3;2*3-4H,1-2H2;/q;;;+3/p-3. The number of hydrogen-bond acceptors (Lipinski definition) is 6. The molecule has 0 nitrogen and oxygen atoms in total. The zero-order valence-corrected chi connectivity index (χ0v) is 18.7. The van der Waals surface area contributed by atoms with Crippen molar-refractivity contribution in [1.29, 1.82) is 0 Å². The Morgan fingerprint density at radius 2 is 1.67 bits per heavy atom. The molecule has 18 heavy (non-hydrogen) atoms. The van der Waals surface area contributed by atoms with Gasteiger partial charge in [0.1, 0.15) is 0 Å². The Kier molecular flexibility index (Phi) is 9.42. The average Bonchev–Trinajstić information content (AvgIpc) is 2.26. The summed E-state index contributed by atoms with van der Waals surface area (Å²) >= 11 is 5.28. The monoisotopic (exact) mass is 465 g/mol. The molecule has 2 saturated heterocycles. The molecule has 3 atom stereocenters. The van der Waals surface area contributed by atoms with Crippen LogP contribution >= 0.6 is 62.1 Å². The fourth-order valence-corrected chi connectivity index (χ4v) is 52.7. The summed E-state index contributed by atoms with van der Waals surface area (Å²) in [7, 11) is 7.30. The summed E-state index contributed by atoms with van der Waals surface area (Å²) in [6.07, 6.45) is 4.32. The van der Waals surface area contributed by atoms with E-state index in [1.165, 1.54) is 36.5 Å². The molecule has 2 rings (SSSR count). The van der Waals surface area contributed by atoms with Crippen LogP contribution in [0.4, 0.5) is 0 Å². The zero-order valence-electron chi connectivity index (χ0n) is 10.9. The molecule has 3 unspecified atom stereocenters. The van der Waals surface area contributed by atoms with E-state index in [1.807, 2.05) is 0 Å². The van der Waals surface area contributed by atoms with Crippen LogP contribution in [0.15, 0.2) is 0 Å². The fourth-order valence-electron chi connectivity index (χ4n) is 1.44. The molecule has 0 aromatic carbocycles. The van der Waals surface area contributed by atoms with Crippen LogP contribution in [0.5, 0.6) is 0 Å². The Morgan fingerprint density at radius 3 is 2.00 bits per heavy atom. The molecule has 2 fully saturated rings. The van der Waals surface area contributed by atoms with Gasteiger partial charge < -0.3 is 0 Å². The molecule has 0 aromatic heterocycles. The van der Waals surface area contributed by atoms with E-state index in [0.717, 1.165) is 13.7 Å². The Labute approximate surface area is 140 Å². The van der Waals surface area contributed by atoms with Gasteiger partial charge in [0.15, 0.2) is 0 Å². The normalized spacial score (nSPS) is 28.8. The molecule has 0 aromatic rings. The van der Waals surface area contributed by atoms with E-state index < -0.39 is 15.6 Å². The minimum absolute atomic E-state index is 0.888. The van der Waals surface area contributed by atoms with Crippen LogP contribution in [0.1, 0.15) is 33.1 Å². The van der Waals surface area contributed by atoms with Crippen molar-refractivity contribution >= 4 is 77.7 Å². The third kappa shape index (κ3) is 5.95. The molecule has 0 spiro atoms. The van der Waals surface area contributed by atoms with E-state index in [-0.39, 0.29) is 0 Å². The summed E-state index contributed by atoms with van der Waals surface area (Å²) in [6, 6.07) is 0. The Hall–Kier alpha value is 2.90. The number of thioether (sulfide) groups is 3. The molecule has 0 bridgehead atoms. The van der Waals surface area contributed by atoms with Gasteiger partial charge in [-0.2, -0.15) is 0 Å². The van der Waals surface area contributed by atoms with Crippen molar-refractivity contribution in [1.82, 2.24) is 0 Å². The van der Waals surface area contributed by atoms with Gasteiger partial charge in [-0.25, -0.2) is 0 Å². The molecule has 2 aliphatic rings. The van der Waals surface area contributed by atoms with Crippen LogP contribution < -0.4 is 0 Å². The predicted molar refractivity (Wildman–Crippen MR) is 102 cm³/mol. The Bertz CT molecular complexity index is 218. The summed E-state index contributed by atoms with van der Waals surface area (Å²) in [5.41, 5.74) is 0. The van der Waals surface area contributed by atoms with Crippen LogP contribution in [-0.4, -0.2) is 46.6 Å². The van der Waals surface area contributed by atoms with Crippen molar-refractivity contribution in [2.45, 2.75) is 46.9 Å². The van der Waals surface area contributed by atoms with E-state index in [1.54, 1.807) is 0 Å². The summed E-state index contributed by atoms with van der Waals surface area (Å²) in [5, 5.41) is 0. The summed E-state index contributed by atoms with van der Waals surface area (Å²) in [5.74, 6) is 4.12. The minimum atomic E-state index is -1.31. The second-order valence-electron chi connectivity index (χ2n) is 4.07. The molecule has 0 N–H and O–H groups in total. The number of hydrogen-bond donors (Lipinski definition) is 0. The summed E-state index contributed by atoms with van der Waals surface area (Å²) in [6.45, 7) is 4.67. The summed E-state index contributed by atoms with van der Waals surface area (Å²) < 4.78 is 2.85. The van der Waals surface area contributed by atoms with Crippen molar-refractivity contribution in [3.8, 4) is 0 Å². The van der Waals surface area contributed by atoms with Gasteiger partial charge >= 0.3 is 142 Å². The van der Waals surface area contributed by atoms with Crippen molar-refractivity contribution in [3.05, 3.63) is 0 Å². The van der Waals surface area contributed by atoms with Crippen molar-refractivity contribution in [2.75, 3.05) is 17.3 Å². The van der Waals surface area contributed by atoms with Crippen LogP contribution in [0, 0.1) is 0 Å². The van der Waals surface area contributed by atoms with E-state index >= 15 is 0 Å². The predicted octanol–water partition coefficient (Wildman–Crippen LogP) is 5.59. The zero-order chi connectivity index (χ0) is 12.8. The Morgan fingerprint density at radius 1 is 1.11 bits per heavy atom. The summed E-state index contributed by atoms with van der Waals surface area (Å²) in [4.78, 5) is 0. The molecule has 1 radical (unpaired) electrons. The van der Waals surface area contributed by atoms with Gasteiger partial charge in [0.25, 0.3) is 0 Å². The van der Waals surface area contributed by atoms with Gasteiger partial charge in [0.2, 0.25) is 0 Å². The topological polar surface area (TPSA) is 0 Å². The molecular weight excluding hydrogens is 443 g/mol. The third-order valence-electron chi connectivity index (χ3n) is 2.68. The molecule has 2 heterocycles. The maximum absolute atomic E-state index is 2.44. The first-order chi connectivity index (χ1) is 8.81. The first-order valence-electron chi connectivity index (χ1n) is 6.53. The fraction of sp³-hybridized carbons (Fsp3) is 1.00. The van der Waals surface area contributed by atoms with Crippen molar-refractivity contribution in [3.63, 3.8) is 0 Å². The second-order valence-corrected chi connectivity index (χ2v) is 32.4. The van der Waals surface area contributed by atoms with Gasteiger partial charge in [0, 0.05) is 0 Å². The van der Waals surface area contributed by atoms with Gasteiger partial charge in [-0.05, 0) is 0 Å². The van der Waals surface area contributed by atoms with Crippen molar-refractivity contribution in [2.24, 2.45) is 0 Å². The average molecular weight is 464 g/mol. The van der Waals surface area contributed by atoms with E-state index in [0.29, 0.717) is 0 Å². The van der Waals surface area contributed by atoms with Crippen LogP contribution in [0.3, 0.4) is 0 Å². The first kappa shape index (κ1) is 17.3. The maximum atomic E-state index is 2.44. The first-order valence-corrected chi connectivity index (χ1v) is 22.8. The van der Waals surface area contributed by atoms with Crippen LogP contribution in [-0.2, 0) is 0 Å². The van der Waals surface area contributed by atoms with Crippen molar-refractivity contribution < 1.29 is 0 Å². The Balaban J connectivity index is 1.76. The molecule has 2 aliphatic heterocycles. The molecular formula is C11H21S6Sn. The molecule has 7 heteroatoms. The molecule has 0 aliphatic carbocycles. The number of rotatable bonds is 9. The quantitative estimate of drug-likeness (QED) is 0.320. The van der Waals surface area contributed by atoms with Crippen LogP contribution in [0.2, 0.25) is 0 Å².